The molecule has 0 aromatic rings. The van der Waals surface area contributed by atoms with Crippen molar-refractivity contribution in [1.29, 1.82) is 0 Å². The van der Waals surface area contributed by atoms with Crippen molar-refractivity contribution in [2.75, 3.05) is 39.9 Å². The van der Waals surface area contributed by atoms with Gasteiger partial charge in [0.2, 0.25) is 17.7 Å². The number of hydrogen-bond acceptors (Lipinski definition) is 10. The Hall–Kier alpha value is -1.26. The summed E-state index contributed by atoms with van der Waals surface area (Å²) in [4.78, 5) is 44.4. The molecular formula is C69H111N3O9S3. The van der Waals surface area contributed by atoms with Crippen molar-refractivity contribution in [2.24, 2.45) is 85.8 Å². The van der Waals surface area contributed by atoms with Crippen molar-refractivity contribution in [3.8, 4) is 0 Å². The number of nitrogens with zero attached hydrogens (tertiary/aromatic N) is 3. The molecule has 3 amide bonds. The van der Waals surface area contributed by atoms with Crippen molar-refractivity contribution in [1.82, 2.24) is 14.7 Å². The van der Waals surface area contributed by atoms with Crippen molar-refractivity contribution in [3.05, 3.63) is 0 Å². The summed E-state index contributed by atoms with van der Waals surface area (Å²) in [6.07, 6.45) is 40.3. The lowest BCUT2D eigenvalue weighted by Crippen LogP contribution is -2.65. The normalized spacial score (nSPS) is 51.4. The van der Waals surface area contributed by atoms with E-state index in [-0.39, 0.29) is 44.6 Å². The third-order valence-electron chi connectivity index (χ3n) is 29.2. The number of thioether (sulfide) groups is 1. The predicted molar refractivity (Wildman–Crippen MR) is 334 cm³/mol. The van der Waals surface area contributed by atoms with Crippen molar-refractivity contribution in [3.63, 3.8) is 0 Å². The minimum Gasteiger partial charge on any atom is -0.374 e. The zero-order valence-corrected chi connectivity index (χ0v) is 56.4. The molecule has 0 aromatic heterocycles. The van der Waals surface area contributed by atoms with E-state index < -0.39 is 25.9 Å². The summed E-state index contributed by atoms with van der Waals surface area (Å²) in [5.74, 6) is 6.80. The van der Waals surface area contributed by atoms with E-state index in [4.69, 9.17) is 14.2 Å². The molecule has 12 nitrogen and oxygen atoms in total. The van der Waals surface area contributed by atoms with Crippen molar-refractivity contribution >= 4 is 50.1 Å². The standard InChI is InChI=1S/C23H37NO4S.C23H37NO3S.C23H37NO2S/c1-22-12-11-17-15(16(22)8-10-20(22)28-14-5-6-14)7-9-19-23(17,2)13-18(29(4,26)27)21(25)24(19)3;1-22-12-11-17-15(16(22)8-10-20(22)27-14-5-6-14)7-9-19-23(17,2)13-18(28(4)26)21(25)24(19)3;1-22-12-11-17-15(16(22)8-10-20(22)26-14-5-6-14)7-9-19-23(17,2)13-18(27-4)21(25)24(19)3/h14-20H,5-13H2,1-4H3;14-20H,5-13H2,1-4H3;14-20H,5-13H2,1-4H3/t15-,16-,17-,18+,19+,20-,22-,23+;15-,16-,17-,18+,19+,20-,22-,23+,28?;15-,16-,17-,18+,19+,20-,22-,23+/m000/s1. The van der Waals surface area contributed by atoms with Crippen LogP contribution in [0.15, 0.2) is 0 Å². The van der Waals surface area contributed by atoms with Gasteiger partial charge in [0.25, 0.3) is 0 Å². The maximum absolute atomic E-state index is 12.8. The van der Waals surface area contributed by atoms with Gasteiger partial charge in [-0.25, -0.2) is 8.42 Å². The van der Waals surface area contributed by atoms with Crippen LogP contribution in [0.4, 0.5) is 0 Å². The van der Waals surface area contributed by atoms with Gasteiger partial charge in [-0.15, -0.1) is 0 Å². The molecule has 0 N–H and O–H groups in total. The van der Waals surface area contributed by atoms with E-state index in [1.165, 1.54) is 141 Å². The molecule has 3 aliphatic heterocycles. The molecule has 0 radical (unpaired) electrons. The van der Waals surface area contributed by atoms with Gasteiger partial charge in [0.15, 0.2) is 9.84 Å². The Kier molecular flexibility index (Phi) is 16.1. The number of sulfone groups is 1. The predicted octanol–water partition coefficient (Wildman–Crippen LogP) is 11.9. The zero-order valence-electron chi connectivity index (χ0n) is 54.0. The van der Waals surface area contributed by atoms with Crippen molar-refractivity contribution in [2.45, 2.75) is 285 Å². The number of amides is 3. The van der Waals surface area contributed by atoms with E-state index in [2.05, 4.69) is 59.7 Å². The highest BCUT2D eigenvalue weighted by molar-refractivity contribution is 7.99. The molecule has 0 aromatic carbocycles. The van der Waals surface area contributed by atoms with Crippen LogP contribution < -0.4 is 0 Å². The lowest BCUT2D eigenvalue weighted by atomic mass is 9.47. The summed E-state index contributed by atoms with van der Waals surface area (Å²) in [7, 11) is 1.41. The fourth-order valence-corrected chi connectivity index (χ4v) is 27.4. The molecular weight excluding hydrogens is 1110 g/mol. The van der Waals surface area contributed by atoms with Gasteiger partial charge in [0, 0.05) is 62.6 Å². The summed E-state index contributed by atoms with van der Waals surface area (Å²) in [6, 6.07) is 0.961. The molecule has 12 aliphatic carbocycles. The van der Waals surface area contributed by atoms with Crippen LogP contribution in [0.5, 0.6) is 0 Å². The van der Waals surface area contributed by atoms with Gasteiger partial charge >= 0.3 is 0 Å². The van der Waals surface area contributed by atoms with Gasteiger partial charge in [-0.2, -0.15) is 11.8 Å². The lowest BCUT2D eigenvalue weighted by molar-refractivity contribution is -0.161. The Morgan fingerprint density at radius 3 is 1.12 bits per heavy atom. The topological polar surface area (TPSA) is 140 Å². The molecule has 25 atom stereocenters. The summed E-state index contributed by atoms with van der Waals surface area (Å²) in [5.41, 5.74) is 1.34. The molecule has 3 heterocycles. The SMILES string of the molecule is CN1C(=O)[C@H](S(C)(=O)=O)C[C@]2(C)[C@H]3CC[C@]4(C)[C@@H](OC5CC5)CC[C@H]4[C@@H]3CC[C@@H]12.CN1C(=O)[C@H](S(C)=O)C[C@]2(C)[C@H]3CC[C@]4(C)[C@@H](OC5CC5)CC[C@H]4[C@@H]3CC[C@@H]12.CS[C@@H]1C[C@]2(C)[C@H]3CC[C@]4(C)[C@@H](OC5CC5)CC[C@H]4[C@@H]3CC[C@H]2N(C)C1=O. The maximum Gasteiger partial charge on any atom is 0.240 e. The van der Waals surface area contributed by atoms with E-state index in [0.717, 1.165) is 61.7 Å². The first kappa shape index (κ1) is 61.6. The average Bonchev–Trinajstić information content (AvgIpc) is 1.25. The van der Waals surface area contributed by atoms with Gasteiger partial charge in [-0.05, 0) is 265 Å². The number of carbonyl (C=O) groups is 3. The summed E-state index contributed by atoms with van der Waals surface area (Å²) in [6.45, 7) is 14.8. The number of ether oxygens (including phenoxy) is 3. The summed E-state index contributed by atoms with van der Waals surface area (Å²) in [5, 5.41) is -1.01. The molecule has 15 heteroatoms. The van der Waals surface area contributed by atoms with Crippen molar-refractivity contribution < 1.29 is 41.2 Å². The minimum absolute atomic E-state index is 0.101. The van der Waals surface area contributed by atoms with E-state index >= 15 is 0 Å². The van der Waals surface area contributed by atoms with E-state index in [0.29, 0.717) is 101 Å². The molecule has 15 rings (SSSR count). The molecule has 84 heavy (non-hydrogen) atoms. The highest BCUT2D eigenvalue weighted by Crippen LogP contribution is 2.69. The minimum atomic E-state index is -3.39. The van der Waals surface area contributed by atoms with Gasteiger partial charge in [-0.1, -0.05) is 41.5 Å². The Labute approximate surface area is 514 Å². The second kappa shape index (κ2) is 22.0. The van der Waals surface area contributed by atoms with E-state index in [1.807, 2.05) is 19.0 Å². The molecule has 3 saturated heterocycles. The summed E-state index contributed by atoms with van der Waals surface area (Å²) < 4.78 is 56.7. The lowest BCUT2D eigenvalue weighted by Gasteiger charge is -2.62. The van der Waals surface area contributed by atoms with E-state index in [1.54, 1.807) is 22.9 Å². The zero-order chi connectivity index (χ0) is 59.6. The number of fused-ring (bicyclic) bond motifs is 15. The van der Waals surface area contributed by atoms with Crippen LogP contribution in [0.3, 0.4) is 0 Å². The Balaban J connectivity index is 0.000000118. The van der Waals surface area contributed by atoms with Crippen LogP contribution in [-0.4, -0.2) is 155 Å². The number of piperidine rings is 3. The highest BCUT2D eigenvalue weighted by atomic mass is 32.2. The van der Waals surface area contributed by atoms with E-state index in [9.17, 15) is 27.0 Å². The second-order valence-corrected chi connectivity index (χ2v) is 38.1. The molecule has 15 aliphatic rings. The smallest absolute Gasteiger partial charge is 0.240 e. The maximum atomic E-state index is 12.8. The van der Waals surface area contributed by atoms with Gasteiger partial charge in [0.05, 0.1) is 41.9 Å². The number of rotatable bonds is 9. The third kappa shape index (κ3) is 9.99. The van der Waals surface area contributed by atoms with Gasteiger partial charge < -0.3 is 28.9 Å². The number of hydrogen-bond donors (Lipinski definition) is 0. The summed E-state index contributed by atoms with van der Waals surface area (Å²) >= 11 is 1.77. The first-order chi connectivity index (χ1) is 39.7. The Morgan fingerprint density at radius 1 is 0.440 bits per heavy atom. The fourth-order valence-electron chi connectivity index (χ4n) is 24.3. The number of likely N-dealkylation sites (tertiary alicyclic amines) is 3. The van der Waals surface area contributed by atoms with Crippen LogP contribution >= 0.6 is 11.8 Å². The molecule has 0 spiro atoms. The van der Waals surface area contributed by atoms with Crippen LogP contribution in [0, 0.1) is 85.8 Å². The van der Waals surface area contributed by atoms with Crippen LogP contribution in [0.25, 0.3) is 0 Å². The highest BCUT2D eigenvalue weighted by Gasteiger charge is 2.67. The molecule has 474 valence electrons. The molecule has 15 fully saturated rings. The van der Waals surface area contributed by atoms with Crippen LogP contribution in [-0.2, 0) is 49.2 Å². The van der Waals surface area contributed by atoms with Crippen LogP contribution in [0.1, 0.15) is 215 Å². The second-order valence-electron chi connectivity index (χ2n) is 33.3. The molecule has 1 unspecified atom stereocenters. The van der Waals surface area contributed by atoms with Gasteiger partial charge in [0.1, 0.15) is 10.5 Å². The first-order valence-corrected chi connectivity index (χ1v) is 39.4. The fraction of sp³-hybridized carbons (Fsp3) is 0.957. The van der Waals surface area contributed by atoms with Crippen LogP contribution in [0.2, 0.25) is 0 Å². The largest absolute Gasteiger partial charge is 0.374 e. The first-order valence-electron chi connectivity index (χ1n) is 34.5. The molecule has 0 bridgehead atoms. The van der Waals surface area contributed by atoms with Gasteiger partial charge in [-0.3, -0.25) is 18.6 Å². The quantitative estimate of drug-likeness (QED) is 0.219. The Bertz CT molecular complexity index is 2680. The monoisotopic (exact) mass is 1220 g/mol. The third-order valence-corrected chi connectivity index (χ3v) is 32.7. The number of carbonyl (C=O) groups excluding carboxylic acids is 3. The average molecular weight is 1220 g/mol. The Morgan fingerprint density at radius 2 is 0.774 bits per heavy atom. The molecule has 12 saturated carbocycles.